The molecule has 0 heterocycles. The quantitative estimate of drug-likeness (QED) is 0.794. The van der Waals surface area contributed by atoms with Crippen molar-refractivity contribution in [2.75, 3.05) is 20.2 Å². The van der Waals surface area contributed by atoms with Crippen LogP contribution in [0.15, 0.2) is 30.3 Å². The normalized spacial score (nSPS) is 12.4. The molecule has 4 nitrogen and oxygen atoms in total. The summed E-state index contributed by atoms with van der Waals surface area (Å²) in [7, 11) is 1.81. The Morgan fingerprint density at radius 3 is 2.55 bits per heavy atom. The van der Waals surface area contributed by atoms with Gasteiger partial charge in [-0.1, -0.05) is 30.3 Å². The highest BCUT2D eigenvalue weighted by Crippen LogP contribution is 2.15. The summed E-state index contributed by atoms with van der Waals surface area (Å²) in [6.07, 6.45) is 1.33. The summed E-state index contributed by atoms with van der Waals surface area (Å²) in [5.41, 5.74) is 7.16. The molecule has 1 aromatic rings. The van der Waals surface area contributed by atoms with Gasteiger partial charge in [0.25, 0.3) is 0 Å². The summed E-state index contributed by atoms with van der Waals surface area (Å²) in [6.45, 7) is 5.17. The van der Waals surface area contributed by atoms with Crippen molar-refractivity contribution < 1.29 is 9.53 Å². The van der Waals surface area contributed by atoms with Crippen LogP contribution in [0.25, 0.3) is 0 Å². The average molecular weight is 278 g/mol. The van der Waals surface area contributed by atoms with Gasteiger partial charge in [0.15, 0.2) is 0 Å². The van der Waals surface area contributed by atoms with Gasteiger partial charge in [0.1, 0.15) is 0 Å². The topological polar surface area (TPSA) is 55.6 Å². The van der Waals surface area contributed by atoms with Crippen LogP contribution >= 0.6 is 0 Å². The standard InChI is InChI=1S/C16H26N2O2/c1-13(2)20-12-11-18(3)16(19)10-9-15(17)14-7-5-4-6-8-14/h4-8,13,15H,9-12,17H2,1-3H3. The Bertz CT molecular complexity index is 393. The fourth-order valence-corrected chi connectivity index (χ4v) is 1.89. The maximum Gasteiger partial charge on any atom is 0.222 e. The molecule has 0 radical (unpaired) electrons. The van der Waals surface area contributed by atoms with E-state index in [0.717, 1.165) is 5.56 Å². The zero-order valence-corrected chi connectivity index (χ0v) is 12.7. The van der Waals surface area contributed by atoms with E-state index in [0.29, 0.717) is 26.0 Å². The molecule has 20 heavy (non-hydrogen) atoms. The molecule has 0 bridgehead atoms. The maximum absolute atomic E-state index is 12.0. The molecule has 1 atom stereocenters. The van der Waals surface area contributed by atoms with Gasteiger partial charge in [-0.25, -0.2) is 0 Å². The molecule has 0 fully saturated rings. The first-order chi connectivity index (χ1) is 9.50. The van der Waals surface area contributed by atoms with Gasteiger partial charge in [0.2, 0.25) is 5.91 Å². The van der Waals surface area contributed by atoms with Gasteiger partial charge in [-0.15, -0.1) is 0 Å². The number of ether oxygens (including phenoxy) is 1. The third-order valence-electron chi connectivity index (χ3n) is 3.20. The Morgan fingerprint density at radius 1 is 1.30 bits per heavy atom. The molecule has 0 aliphatic heterocycles. The van der Waals surface area contributed by atoms with E-state index in [-0.39, 0.29) is 18.1 Å². The second-order valence-corrected chi connectivity index (χ2v) is 5.29. The minimum atomic E-state index is -0.0829. The summed E-state index contributed by atoms with van der Waals surface area (Å²) in [5, 5.41) is 0. The highest BCUT2D eigenvalue weighted by molar-refractivity contribution is 5.75. The molecule has 1 rings (SSSR count). The average Bonchev–Trinajstić information content (AvgIpc) is 2.44. The van der Waals surface area contributed by atoms with Gasteiger partial charge in [-0.3, -0.25) is 4.79 Å². The fraction of sp³-hybridized carbons (Fsp3) is 0.562. The number of nitrogens with two attached hydrogens (primary N) is 1. The van der Waals surface area contributed by atoms with Gasteiger partial charge in [0, 0.05) is 26.1 Å². The second-order valence-electron chi connectivity index (χ2n) is 5.29. The molecule has 4 heteroatoms. The lowest BCUT2D eigenvalue weighted by Gasteiger charge is -2.19. The van der Waals surface area contributed by atoms with E-state index in [2.05, 4.69) is 0 Å². The number of likely N-dealkylation sites (N-methyl/N-ethyl adjacent to an activating group) is 1. The number of rotatable bonds is 8. The van der Waals surface area contributed by atoms with E-state index in [1.807, 2.05) is 44.2 Å². The van der Waals surface area contributed by atoms with Gasteiger partial charge in [0.05, 0.1) is 12.7 Å². The monoisotopic (exact) mass is 278 g/mol. The molecule has 0 saturated heterocycles. The summed E-state index contributed by atoms with van der Waals surface area (Å²) < 4.78 is 5.44. The minimum Gasteiger partial charge on any atom is -0.377 e. The van der Waals surface area contributed by atoms with Crippen LogP contribution in [-0.2, 0) is 9.53 Å². The van der Waals surface area contributed by atoms with Crippen molar-refractivity contribution in [3.63, 3.8) is 0 Å². The Hall–Kier alpha value is -1.39. The van der Waals surface area contributed by atoms with Crippen LogP contribution in [0.2, 0.25) is 0 Å². The molecule has 112 valence electrons. The molecule has 0 aliphatic rings. The molecular formula is C16H26N2O2. The zero-order chi connectivity index (χ0) is 15.0. The van der Waals surface area contributed by atoms with Crippen LogP contribution in [-0.4, -0.2) is 37.1 Å². The number of carbonyl (C=O) groups excluding carboxylic acids is 1. The number of carbonyl (C=O) groups is 1. The van der Waals surface area contributed by atoms with Crippen LogP contribution in [0.1, 0.15) is 38.3 Å². The van der Waals surface area contributed by atoms with Gasteiger partial charge >= 0.3 is 0 Å². The summed E-state index contributed by atoms with van der Waals surface area (Å²) in [5.74, 6) is 0.115. The Kier molecular flexibility index (Phi) is 7.26. The third-order valence-corrected chi connectivity index (χ3v) is 3.20. The SMILES string of the molecule is CC(C)OCCN(C)C(=O)CCC(N)c1ccccc1. The molecule has 0 aromatic heterocycles. The minimum absolute atomic E-state index is 0.0829. The van der Waals surface area contributed by atoms with Crippen molar-refractivity contribution in [3.05, 3.63) is 35.9 Å². The van der Waals surface area contributed by atoms with E-state index >= 15 is 0 Å². The molecule has 2 N–H and O–H groups in total. The molecule has 0 aliphatic carbocycles. The van der Waals surface area contributed by atoms with Crippen molar-refractivity contribution in [2.24, 2.45) is 5.73 Å². The first-order valence-electron chi connectivity index (χ1n) is 7.16. The van der Waals surface area contributed by atoms with E-state index in [4.69, 9.17) is 10.5 Å². The van der Waals surface area contributed by atoms with E-state index in [1.165, 1.54) is 0 Å². The number of hydrogen-bond acceptors (Lipinski definition) is 3. The third kappa shape index (κ3) is 6.17. The van der Waals surface area contributed by atoms with E-state index < -0.39 is 0 Å². The second kappa shape index (κ2) is 8.72. The predicted molar refractivity (Wildman–Crippen MR) is 81.3 cm³/mol. The van der Waals surface area contributed by atoms with Crippen LogP contribution < -0.4 is 5.73 Å². The molecule has 1 unspecified atom stereocenters. The van der Waals surface area contributed by atoms with Crippen LogP contribution in [0.4, 0.5) is 0 Å². The van der Waals surface area contributed by atoms with Crippen molar-refractivity contribution in [1.82, 2.24) is 4.90 Å². The predicted octanol–water partition coefficient (Wildman–Crippen LogP) is 2.35. The molecule has 0 saturated carbocycles. The lowest BCUT2D eigenvalue weighted by Crippen LogP contribution is -2.31. The number of hydrogen-bond donors (Lipinski definition) is 1. The fourth-order valence-electron chi connectivity index (χ4n) is 1.89. The van der Waals surface area contributed by atoms with Crippen molar-refractivity contribution in [3.8, 4) is 0 Å². The lowest BCUT2D eigenvalue weighted by molar-refractivity contribution is -0.131. The van der Waals surface area contributed by atoms with Crippen LogP contribution in [0.5, 0.6) is 0 Å². The van der Waals surface area contributed by atoms with Crippen molar-refractivity contribution in [1.29, 1.82) is 0 Å². The first kappa shape index (κ1) is 16.7. The zero-order valence-electron chi connectivity index (χ0n) is 12.7. The van der Waals surface area contributed by atoms with E-state index in [9.17, 15) is 4.79 Å². The van der Waals surface area contributed by atoms with Gasteiger partial charge < -0.3 is 15.4 Å². The van der Waals surface area contributed by atoms with Crippen LogP contribution in [0, 0.1) is 0 Å². The smallest absolute Gasteiger partial charge is 0.222 e. The maximum atomic E-state index is 12.0. The molecular weight excluding hydrogens is 252 g/mol. The highest BCUT2D eigenvalue weighted by Gasteiger charge is 2.12. The van der Waals surface area contributed by atoms with Crippen LogP contribution in [0.3, 0.4) is 0 Å². The Balaban J connectivity index is 2.28. The van der Waals surface area contributed by atoms with E-state index in [1.54, 1.807) is 11.9 Å². The molecule has 1 aromatic carbocycles. The Morgan fingerprint density at radius 2 is 1.95 bits per heavy atom. The number of benzene rings is 1. The van der Waals surface area contributed by atoms with Crippen molar-refractivity contribution in [2.45, 2.75) is 38.8 Å². The summed E-state index contributed by atoms with van der Waals surface area (Å²) in [6, 6.07) is 9.80. The van der Waals surface area contributed by atoms with Gasteiger partial charge in [-0.05, 0) is 25.8 Å². The molecule has 1 amide bonds. The summed E-state index contributed by atoms with van der Waals surface area (Å²) in [4.78, 5) is 13.7. The number of amides is 1. The molecule has 0 spiro atoms. The first-order valence-corrected chi connectivity index (χ1v) is 7.16. The van der Waals surface area contributed by atoms with Gasteiger partial charge in [-0.2, -0.15) is 0 Å². The lowest BCUT2D eigenvalue weighted by atomic mass is 10.0. The highest BCUT2D eigenvalue weighted by atomic mass is 16.5. The number of nitrogens with zero attached hydrogens (tertiary/aromatic N) is 1. The summed E-state index contributed by atoms with van der Waals surface area (Å²) >= 11 is 0. The Labute approximate surface area is 121 Å². The van der Waals surface area contributed by atoms with Crippen molar-refractivity contribution >= 4 is 5.91 Å². The largest absolute Gasteiger partial charge is 0.377 e.